The number of para-hydroxylation sites is 1. The van der Waals surface area contributed by atoms with Gasteiger partial charge in [-0.2, -0.15) is 0 Å². The molecule has 144 valence electrons. The van der Waals surface area contributed by atoms with E-state index in [1.165, 1.54) is 12.1 Å². The van der Waals surface area contributed by atoms with E-state index in [9.17, 15) is 9.18 Å². The third-order valence-corrected chi connectivity index (χ3v) is 4.38. The highest BCUT2D eigenvalue weighted by Gasteiger charge is 2.23. The van der Waals surface area contributed by atoms with Crippen LogP contribution in [0, 0.1) is 5.82 Å². The molecule has 0 spiro atoms. The fourth-order valence-corrected chi connectivity index (χ4v) is 3.01. The largest absolute Gasteiger partial charge is 0.487 e. The van der Waals surface area contributed by atoms with Crippen molar-refractivity contribution in [3.05, 3.63) is 59.1 Å². The van der Waals surface area contributed by atoms with Crippen LogP contribution in [0.25, 0.3) is 10.9 Å². The predicted molar refractivity (Wildman–Crippen MR) is 102 cm³/mol. The maximum Gasteiger partial charge on any atom is 0.407 e. The number of nitrogens with zero attached hydrogens (tertiary/aromatic N) is 2. The summed E-state index contributed by atoms with van der Waals surface area (Å²) in [5.74, 6) is 0.762. The van der Waals surface area contributed by atoms with E-state index in [1.807, 2.05) is 12.1 Å². The topological polar surface area (TPSA) is 85.4 Å². The van der Waals surface area contributed by atoms with Crippen LogP contribution in [0.4, 0.5) is 15.0 Å². The molecule has 4 rings (SSSR count). The van der Waals surface area contributed by atoms with Gasteiger partial charge in [0.15, 0.2) is 6.10 Å². The Morgan fingerprint density at radius 1 is 1.25 bits per heavy atom. The molecular formula is C19H16ClFN4O3. The SMILES string of the molecule is O=C1NCC(COc2cccc3c(NCc4ccc(F)cc4)nc(Cl)nc23)O1. The summed E-state index contributed by atoms with van der Waals surface area (Å²) in [5, 5.41) is 6.57. The summed E-state index contributed by atoms with van der Waals surface area (Å²) in [6.45, 7) is 1.03. The van der Waals surface area contributed by atoms with Gasteiger partial charge in [0.25, 0.3) is 0 Å². The fraction of sp³-hybridized carbons (Fsp3) is 0.211. The molecule has 1 fully saturated rings. The summed E-state index contributed by atoms with van der Waals surface area (Å²) in [4.78, 5) is 19.7. The molecule has 0 bridgehead atoms. The highest BCUT2D eigenvalue weighted by atomic mass is 35.5. The van der Waals surface area contributed by atoms with Crippen molar-refractivity contribution in [1.82, 2.24) is 15.3 Å². The third-order valence-electron chi connectivity index (χ3n) is 4.21. The number of halogens is 2. The maximum atomic E-state index is 13.1. The van der Waals surface area contributed by atoms with Crippen molar-refractivity contribution in [3.8, 4) is 5.75 Å². The highest BCUT2D eigenvalue weighted by Crippen LogP contribution is 2.30. The van der Waals surface area contributed by atoms with Crippen molar-refractivity contribution in [2.24, 2.45) is 0 Å². The first-order chi connectivity index (χ1) is 13.6. The van der Waals surface area contributed by atoms with Gasteiger partial charge in [0.2, 0.25) is 5.28 Å². The van der Waals surface area contributed by atoms with E-state index in [4.69, 9.17) is 21.1 Å². The van der Waals surface area contributed by atoms with Crippen molar-refractivity contribution in [2.75, 3.05) is 18.5 Å². The van der Waals surface area contributed by atoms with Crippen LogP contribution in [0.1, 0.15) is 5.56 Å². The zero-order valence-electron chi connectivity index (χ0n) is 14.6. The average Bonchev–Trinajstić information content (AvgIpc) is 3.11. The molecule has 28 heavy (non-hydrogen) atoms. The summed E-state index contributed by atoms with van der Waals surface area (Å²) in [7, 11) is 0. The number of aromatic nitrogens is 2. The van der Waals surface area contributed by atoms with E-state index in [0.29, 0.717) is 30.2 Å². The number of cyclic esters (lactones) is 1. The summed E-state index contributed by atoms with van der Waals surface area (Å²) in [6.07, 6.45) is -0.819. The quantitative estimate of drug-likeness (QED) is 0.613. The van der Waals surface area contributed by atoms with Crippen LogP contribution in [0.2, 0.25) is 5.28 Å². The minimum absolute atomic E-state index is 0.0686. The second kappa shape index (κ2) is 7.85. The smallest absolute Gasteiger partial charge is 0.407 e. The van der Waals surface area contributed by atoms with E-state index < -0.39 is 6.09 Å². The van der Waals surface area contributed by atoms with Crippen molar-refractivity contribution in [2.45, 2.75) is 12.6 Å². The van der Waals surface area contributed by atoms with E-state index in [-0.39, 0.29) is 23.8 Å². The molecule has 9 heteroatoms. The summed E-state index contributed by atoms with van der Waals surface area (Å²) < 4.78 is 23.9. The number of nitrogens with one attached hydrogen (secondary N) is 2. The molecule has 0 aliphatic carbocycles. The molecule has 2 heterocycles. The normalized spacial score (nSPS) is 15.9. The van der Waals surface area contributed by atoms with E-state index >= 15 is 0 Å². The summed E-state index contributed by atoms with van der Waals surface area (Å²) >= 11 is 6.10. The number of anilines is 1. The van der Waals surface area contributed by atoms with E-state index in [1.54, 1.807) is 18.2 Å². The van der Waals surface area contributed by atoms with Gasteiger partial charge in [-0.1, -0.05) is 18.2 Å². The van der Waals surface area contributed by atoms with Gasteiger partial charge in [0.05, 0.1) is 6.54 Å². The molecule has 1 aromatic heterocycles. The van der Waals surface area contributed by atoms with Crippen molar-refractivity contribution in [3.63, 3.8) is 0 Å². The van der Waals surface area contributed by atoms with Crippen LogP contribution < -0.4 is 15.4 Å². The van der Waals surface area contributed by atoms with Crippen molar-refractivity contribution in [1.29, 1.82) is 0 Å². The molecule has 2 aromatic carbocycles. The minimum Gasteiger partial charge on any atom is -0.487 e. The van der Waals surface area contributed by atoms with Gasteiger partial charge in [-0.25, -0.2) is 19.2 Å². The van der Waals surface area contributed by atoms with Gasteiger partial charge in [-0.3, -0.25) is 0 Å². The highest BCUT2D eigenvalue weighted by molar-refractivity contribution is 6.29. The Hall–Kier alpha value is -3.13. The molecule has 1 amide bonds. The maximum absolute atomic E-state index is 13.1. The predicted octanol–water partition coefficient (Wildman–Crippen LogP) is 3.52. The lowest BCUT2D eigenvalue weighted by molar-refractivity contribution is 0.105. The number of carbonyl (C=O) groups is 1. The Balaban J connectivity index is 1.55. The first kappa shape index (κ1) is 18.2. The molecule has 1 saturated heterocycles. The monoisotopic (exact) mass is 402 g/mol. The molecule has 1 aliphatic rings. The second-order valence-electron chi connectivity index (χ2n) is 6.19. The number of carbonyl (C=O) groups excluding carboxylic acids is 1. The number of hydrogen-bond acceptors (Lipinski definition) is 6. The molecule has 7 nitrogen and oxygen atoms in total. The fourth-order valence-electron chi connectivity index (χ4n) is 2.85. The van der Waals surface area contributed by atoms with Crippen LogP contribution in [-0.2, 0) is 11.3 Å². The number of fused-ring (bicyclic) bond motifs is 1. The number of rotatable bonds is 6. The number of amides is 1. The van der Waals surface area contributed by atoms with E-state index in [0.717, 1.165) is 10.9 Å². The van der Waals surface area contributed by atoms with Crippen molar-refractivity contribution < 1.29 is 18.7 Å². The number of ether oxygens (including phenoxy) is 2. The first-order valence-corrected chi connectivity index (χ1v) is 8.98. The van der Waals surface area contributed by atoms with Gasteiger partial charge in [0.1, 0.15) is 29.5 Å². The van der Waals surface area contributed by atoms with E-state index in [2.05, 4.69) is 20.6 Å². The standard InChI is InChI=1S/C19H16ClFN4O3/c20-18-24-16-14(17(25-18)22-8-11-4-6-12(21)7-5-11)2-1-3-15(16)27-10-13-9-23-19(26)28-13/h1-7,13H,8-10H2,(H,23,26)(H,22,24,25). The summed E-state index contributed by atoms with van der Waals surface area (Å²) in [5.41, 5.74) is 1.44. The molecule has 2 N–H and O–H groups in total. The van der Waals surface area contributed by atoms with Gasteiger partial charge in [0, 0.05) is 11.9 Å². The van der Waals surface area contributed by atoms with Gasteiger partial charge in [-0.15, -0.1) is 0 Å². The lowest BCUT2D eigenvalue weighted by Gasteiger charge is -2.14. The Kier molecular flexibility index (Phi) is 5.12. The minimum atomic E-state index is -0.454. The summed E-state index contributed by atoms with van der Waals surface area (Å²) in [6, 6.07) is 11.6. The van der Waals surface area contributed by atoms with Gasteiger partial charge in [-0.05, 0) is 41.4 Å². The molecule has 0 radical (unpaired) electrons. The molecule has 1 aliphatic heterocycles. The van der Waals surface area contributed by atoms with Crippen LogP contribution >= 0.6 is 11.6 Å². The Labute approximate surface area is 164 Å². The Bertz CT molecular complexity index is 1020. The van der Waals surface area contributed by atoms with Crippen LogP contribution in [0.3, 0.4) is 0 Å². The second-order valence-corrected chi connectivity index (χ2v) is 6.53. The molecule has 1 atom stereocenters. The van der Waals surface area contributed by atoms with Crippen LogP contribution in [-0.4, -0.2) is 35.3 Å². The third kappa shape index (κ3) is 4.07. The molecular weight excluding hydrogens is 387 g/mol. The zero-order chi connectivity index (χ0) is 19.5. The Morgan fingerprint density at radius 3 is 2.82 bits per heavy atom. The first-order valence-electron chi connectivity index (χ1n) is 8.60. The zero-order valence-corrected chi connectivity index (χ0v) is 15.4. The van der Waals surface area contributed by atoms with Gasteiger partial charge >= 0.3 is 6.09 Å². The number of alkyl carbamates (subject to hydrolysis) is 1. The van der Waals surface area contributed by atoms with Gasteiger partial charge < -0.3 is 20.1 Å². The average molecular weight is 403 g/mol. The molecule has 3 aromatic rings. The van der Waals surface area contributed by atoms with Crippen LogP contribution in [0.5, 0.6) is 5.75 Å². The lowest BCUT2D eigenvalue weighted by atomic mass is 10.2. The lowest BCUT2D eigenvalue weighted by Crippen LogP contribution is -2.22. The molecule has 1 unspecified atom stereocenters. The number of hydrogen-bond donors (Lipinski definition) is 2. The number of benzene rings is 2. The molecule has 0 saturated carbocycles. The van der Waals surface area contributed by atoms with Crippen molar-refractivity contribution >= 4 is 34.4 Å². The van der Waals surface area contributed by atoms with Crippen LogP contribution in [0.15, 0.2) is 42.5 Å². The Morgan fingerprint density at radius 2 is 2.07 bits per heavy atom.